The Hall–Kier alpha value is -0.650. The summed E-state index contributed by atoms with van der Waals surface area (Å²) in [6.45, 7) is -0.428. The van der Waals surface area contributed by atoms with Crippen LogP contribution in [0.15, 0.2) is 0 Å². The number of carbonyl (C=O) groups excluding carboxylic acids is 1. The summed E-state index contributed by atoms with van der Waals surface area (Å²) in [4.78, 5) is 11.7. The van der Waals surface area contributed by atoms with Crippen LogP contribution in [-0.4, -0.2) is 169 Å². The lowest BCUT2D eigenvalue weighted by molar-refractivity contribution is -0.360. The van der Waals surface area contributed by atoms with E-state index in [1.165, 1.54) is 13.8 Å². The number of aliphatic hydroxyl groups excluding tert-OH is 9. The van der Waals surface area contributed by atoms with Gasteiger partial charge in [0.1, 0.15) is 42.7 Å². The minimum atomic E-state index is -2.33. The first-order valence-corrected chi connectivity index (χ1v) is 13.1. The maximum Gasteiger partial charge on any atom is 0.232 e. The Morgan fingerprint density at radius 2 is 1.54 bits per heavy atom. The molecule has 0 aromatic heterocycles. The average Bonchev–Trinajstić information content (AvgIpc) is 2.91. The number of amides is 1. The van der Waals surface area contributed by atoms with Crippen LogP contribution in [0.25, 0.3) is 0 Å². The largest absolute Gasteiger partial charge is 0.394 e. The summed E-state index contributed by atoms with van der Waals surface area (Å²) in [5.74, 6) is -0.599. The Labute approximate surface area is 232 Å². The number of nitrogens with one attached hydrogen (secondary N) is 1. The molecular formula is C21H40BrNO16. The van der Waals surface area contributed by atoms with E-state index in [0.717, 1.165) is 0 Å². The van der Waals surface area contributed by atoms with Crippen LogP contribution in [0, 0.1) is 0 Å². The van der Waals surface area contributed by atoms with Crippen molar-refractivity contribution in [3.8, 4) is 0 Å². The van der Waals surface area contributed by atoms with Gasteiger partial charge in [-0.2, -0.15) is 0 Å². The molecule has 39 heavy (non-hydrogen) atoms. The van der Waals surface area contributed by atoms with Crippen molar-refractivity contribution in [1.82, 2.24) is 5.32 Å². The maximum atomic E-state index is 11.7. The summed E-state index contributed by atoms with van der Waals surface area (Å²) in [6.07, 6.45) is -20.7. The van der Waals surface area contributed by atoms with Gasteiger partial charge < -0.3 is 80.1 Å². The molecule has 11 N–H and O–H groups in total. The van der Waals surface area contributed by atoms with Gasteiger partial charge in [0.05, 0.1) is 44.0 Å². The highest BCUT2D eigenvalue weighted by molar-refractivity contribution is 9.09. The second kappa shape index (κ2) is 18.0. The van der Waals surface area contributed by atoms with Crippen molar-refractivity contribution in [2.24, 2.45) is 0 Å². The first-order chi connectivity index (χ1) is 18.3. The second-order valence-electron chi connectivity index (χ2n) is 8.76. The number of aliphatic hydroxyl groups is 10. The number of carbonyl (C=O) groups is 1. The third kappa shape index (κ3) is 10.9. The number of alkyl halides is 1. The normalized spacial score (nSPS) is 29.3. The molecule has 232 valence electrons. The van der Waals surface area contributed by atoms with E-state index in [4.69, 9.17) is 23.7 Å². The zero-order chi connectivity index (χ0) is 29.9. The molecule has 9 unspecified atom stereocenters. The molecule has 18 heteroatoms. The minimum Gasteiger partial charge on any atom is -0.394 e. The number of halogens is 1. The first kappa shape index (κ1) is 36.4. The highest BCUT2D eigenvalue weighted by atomic mass is 79.9. The van der Waals surface area contributed by atoms with Crippen molar-refractivity contribution in [1.29, 1.82) is 0 Å². The van der Waals surface area contributed by atoms with Gasteiger partial charge in [0.15, 0.2) is 12.5 Å². The molecule has 1 saturated heterocycles. The standard InChI is InChI=1S/C21H40BrNO16/c1-8(28)11(5-25)37-21(19(33)34)39-17-13(7-27)38-20(16(32)15(17)31)35-9(2)12(6-26)36-18(10(29)4-24)23-14(30)3-22/h8-13,15-21,24-29,31-34H,3-7H2,1-2H3,(H,23,30)/t8-,9-,10-,11?,12?,13?,15?,16?,17?,18?,20?,21?/m0/s1. The SMILES string of the molecule is C[C@H](O)C(CO)OC(OC1C(CO)OC(O[C@@H](C)C(CO)OC(NC(=O)CBr)[C@@H](O)CO)C(O)C1O)C(O)O. The minimum absolute atomic E-state index is 0.147. The molecule has 12 atom stereocenters. The fourth-order valence-corrected chi connectivity index (χ4v) is 3.61. The zero-order valence-corrected chi connectivity index (χ0v) is 22.9. The van der Waals surface area contributed by atoms with Crippen LogP contribution in [-0.2, 0) is 28.5 Å². The molecule has 1 aliphatic rings. The summed E-state index contributed by atoms with van der Waals surface area (Å²) in [5, 5.41) is 100. The van der Waals surface area contributed by atoms with E-state index in [1.54, 1.807) is 0 Å². The van der Waals surface area contributed by atoms with Crippen LogP contribution in [0.3, 0.4) is 0 Å². The molecule has 17 nitrogen and oxygen atoms in total. The molecule has 1 amide bonds. The third-order valence-corrected chi connectivity index (χ3v) is 6.23. The number of ether oxygens (including phenoxy) is 5. The summed E-state index contributed by atoms with van der Waals surface area (Å²) in [6, 6.07) is 0. The Balaban J connectivity index is 2.97. The van der Waals surface area contributed by atoms with Crippen LogP contribution in [0.5, 0.6) is 0 Å². The van der Waals surface area contributed by atoms with Gasteiger partial charge in [0, 0.05) is 0 Å². The lowest BCUT2D eigenvalue weighted by atomic mass is 9.98. The Morgan fingerprint density at radius 1 is 0.923 bits per heavy atom. The number of hydrogen-bond acceptors (Lipinski definition) is 16. The molecule has 0 radical (unpaired) electrons. The summed E-state index contributed by atoms with van der Waals surface area (Å²) < 4.78 is 27.0. The fraction of sp³-hybridized carbons (Fsp3) is 0.952. The lowest BCUT2D eigenvalue weighted by Gasteiger charge is -2.44. The Kier molecular flexibility index (Phi) is 16.8. The lowest BCUT2D eigenvalue weighted by Crippen LogP contribution is -2.62. The quantitative estimate of drug-likeness (QED) is 0.0491. The number of hydrogen-bond donors (Lipinski definition) is 11. The van der Waals surface area contributed by atoms with E-state index in [0.29, 0.717) is 0 Å². The zero-order valence-electron chi connectivity index (χ0n) is 21.3. The third-order valence-electron chi connectivity index (χ3n) is 5.72. The van der Waals surface area contributed by atoms with Crippen LogP contribution in [0.4, 0.5) is 0 Å². The van der Waals surface area contributed by atoms with Crippen molar-refractivity contribution in [3.63, 3.8) is 0 Å². The Bertz CT molecular complexity index is 690. The molecule has 0 saturated carbocycles. The predicted molar refractivity (Wildman–Crippen MR) is 130 cm³/mol. The highest BCUT2D eigenvalue weighted by Crippen LogP contribution is 2.28. The van der Waals surface area contributed by atoms with Gasteiger partial charge in [-0.1, -0.05) is 15.9 Å². The second-order valence-corrected chi connectivity index (χ2v) is 9.32. The van der Waals surface area contributed by atoms with Crippen molar-refractivity contribution >= 4 is 21.8 Å². The number of rotatable bonds is 18. The van der Waals surface area contributed by atoms with Gasteiger partial charge in [-0.15, -0.1) is 0 Å². The molecular weight excluding hydrogens is 602 g/mol. The smallest absolute Gasteiger partial charge is 0.232 e. The molecule has 0 aromatic carbocycles. The summed E-state index contributed by atoms with van der Waals surface area (Å²) >= 11 is 2.92. The van der Waals surface area contributed by atoms with Crippen molar-refractivity contribution in [2.75, 3.05) is 31.8 Å². The van der Waals surface area contributed by atoms with Gasteiger partial charge in [-0.3, -0.25) is 4.79 Å². The monoisotopic (exact) mass is 641 g/mol. The van der Waals surface area contributed by atoms with Gasteiger partial charge >= 0.3 is 0 Å². The van der Waals surface area contributed by atoms with E-state index in [2.05, 4.69) is 21.2 Å². The molecule has 0 bridgehead atoms. The van der Waals surface area contributed by atoms with Crippen molar-refractivity contribution in [2.45, 2.75) is 93.9 Å². The summed E-state index contributed by atoms with van der Waals surface area (Å²) in [5.41, 5.74) is 0. The molecule has 1 fully saturated rings. The van der Waals surface area contributed by atoms with Gasteiger partial charge in [0.2, 0.25) is 18.5 Å². The van der Waals surface area contributed by atoms with E-state index in [-0.39, 0.29) is 5.33 Å². The van der Waals surface area contributed by atoms with Crippen LogP contribution in [0.2, 0.25) is 0 Å². The van der Waals surface area contributed by atoms with E-state index < -0.39 is 112 Å². The first-order valence-electron chi connectivity index (χ1n) is 12.0. The molecule has 1 aliphatic heterocycles. The van der Waals surface area contributed by atoms with Gasteiger partial charge in [-0.05, 0) is 13.8 Å². The fourth-order valence-electron chi connectivity index (χ4n) is 3.45. The van der Waals surface area contributed by atoms with Crippen LogP contribution >= 0.6 is 15.9 Å². The maximum absolute atomic E-state index is 11.7. The molecule has 1 heterocycles. The predicted octanol–water partition coefficient (Wildman–Crippen LogP) is -5.82. The van der Waals surface area contributed by atoms with Crippen LogP contribution in [0.1, 0.15) is 13.8 Å². The Morgan fingerprint density at radius 3 is 2.00 bits per heavy atom. The summed E-state index contributed by atoms with van der Waals surface area (Å²) in [7, 11) is 0. The van der Waals surface area contributed by atoms with Crippen molar-refractivity contribution in [3.05, 3.63) is 0 Å². The van der Waals surface area contributed by atoms with Crippen molar-refractivity contribution < 1.29 is 79.5 Å². The van der Waals surface area contributed by atoms with Crippen LogP contribution < -0.4 is 5.32 Å². The van der Waals surface area contributed by atoms with Gasteiger partial charge in [-0.25, -0.2) is 0 Å². The molecule has 0 aromatic rings. The van der Waals surface area contributed by atoms with E-state index in [1.807, 2.05) is 0 Å². The van der Waals surface area contributed by atoms with E-state index in [9.17, 15) is 55.9 Å². The molecule has 0 aliphatic carbocycles. The van der Waals surface area contributed by atoms with Gasteiger partial charge in [0.25, 0.3) is 0 Å². The van der Waals surface area contributed by atoms with E-state index >= 15 is 0 Å². The average molecular weight is 642 g/mol. The topological polar surface area (TPSA) is 278 Å². The highest BCUT2D eigenvalue weighted by Gasteiger charge is 2.48. The molecule has 0 spiro atoms. The molecule has 1 rings (SSSR count).